The molecule has 1 unspecified atom stereocenters. The molecule has 1 N–H and O–H groups in total. The highest BCUT2D eigenvalue weighted by Gasteiger charge is 2.11. The summed E-state index contributed by atoms with van der Waals surface area (Å²) in [7, 11) is -1.55. The van der Waals surface area contributed by atoms with Gasteiger partial charge in [-0.2, -0.15) is 0 Å². The van der Waals surface area contributed by atoms with Gasteiger partial charge < -0.3 is 5.11 Å². The van der Waals surface area contributed by atoms with Crippen LogP contribution in [0, 0.1) is 5.82 Å². The molecule has 98 valence electrons. The molecule has 0 aliphatic carbocycles. The van der Waals surface area contributed by atoms with E-state index in [9.17, 15) is 13.4 Å². The molecule has 0 spiro atoms. The van der Waals surface area contributed by atoms with Crippen LogP contribution in [0.3, 0.4) is 0 Å². The molecule has 4 nitrogen and oxygen atoms in total. The molecule has 0 amide bonds. The SMILES string of the molecule is O=C(O)c1ccc(CS(=O)c2ccccc2F)nc1. The first-order valence-corrected chi connectivity index (χ1v) is 6.71. The van der Waals surface area contributed by atoms with E-state index < -0.39 is 22.6 Å². The smallest absolute Gasteiger partial charge is 0.337 e. The fourth-order valence-corrected chi connectivity index (χ4v) is 2.59. The molecule has 0 aliphatic heterocycles. The number of rotatable bonds is 4. The third kappa shape index (κ3) is 3.23. The van der Waals surface area contributed by atoms with E-state index in [0.717, 1.165) is 0 Å². The van der Waals surface area contributed by atoms with Gasteiger partial charge in [0.2, 0.25) is 0 Å². The van der Waals surface area contributed by atoms with Crippen LogP contribution in [0.25, 0.3) is 0 Å². The third-order valence-electron chi connectivity index (χ3n) is 2.43. The van der Waals surface area contributed by atoms with Crippen LogP contribution >= 0.6 is 0 Å². The number of carbonyl (C=O) groups is 1. The summed E-state index contributed by atoms with van der Waals surface area (Å²) < 4.78 is 25.4. The Morgan fingerprint density at radius 3 is 2.58 bits per heavy atom. The van der Waals surface area contributed by atoms with Gasteiger partial charge in [0, 0.05) is 6.20 Å². The molecule has 1 aromatic heterocycles. The molecule has 0 bridgehead atoms. The molecule has 2 rings (SSSR count). The largest absolute Gasteiger partial charge is 0.478 e. The Kier molecular flexibility index (Phi) is 4.01. The number of halogens is 1. The average Bonchev–Trinajstić information content (AvgIpc) is 2.39. The predicted molar refractivity (Wildman–Crippen MR) is 67.7 cm³/mol. The van der Waals surface area contributed by atoms with Gasteiger partial charge in [-0.3, -0.25) is 9.19 Å². The first-order chi connectivity index (χ1) is 9.08. The van der Waals surface area contributed by atoms with Gasteiger partial charge in [0.05, 0.1) is 32.7 Å². The normalized spacial score (nSPS) is 12.1. The van der Waals surface area contributed by atoms with Crippen LogP contribution in [0.4, 0.5) is 4.39 Å². The highest BCUT2D eigenvalue weighted by atomic mass is 32.2. The van der Waals surface area contributed by atoms with E-state index in [2.05, 4.69) is 4.98 Å². The highest BCUT2D eigenvalue weighted by Crippen LogP contribution is 2.15. The summed E-state index contributed by atoms with van der Waals surface area (Å²) in [6, 6.07) is 8.68. The first-order valence-electron chi connectivity index (χ1n) is 5.39. The Morgan fingerprint density at radius 1 is 1.26 bits per heavy atom. The van der Waals surface area contributed by atoms with Gasteiger partial charge in [-0.15, -0.1) is 0 Å². The van der Waals surface area contributed by atoms with E-state index >= 15 is 0 Å². The van der Waals surface area contributed by atoms with Crippen molar-refractivity contribution >= 4 is 16.8 Å². The number of hydrogen-bond acceptors (Lipinski definition) is 3. The van der Waals surface area contributed by atoms with Gasteiger partial charge in [0.15, 0.2) is 0 Å². The van der Waals surface area contributed by atoms with Crippen molar-refractivity contribution in [2.45, 2.75) is 10.6 Å². The summed E-state index contributed by atoms with van der Waals surface area (Å²) in [5.41, 5.74) is 0.506. The fourth-order valence-electron chi connectivity index (χ4n) is 1.48. The Hall–Kier alpha value is -2.08. The zero-order valence-corrected chi connectivity index (χ0v) is 10.6. The monoisotopic (exact) mass is 279 g/mol. The zero-order valence-electron chi connectivity index (χ0n) is 9.75. The molecular formula is C13H10FNO3S. The molecule has 19 heavy (non-hydrogen) atoms. The minimum Gasteiger partial charge on any atom is -0.478 e. The average molecular weight is 279 g/mol. The molecule has 0 saturated carbocycles. The first kappa shape index (κ1) is 13.4. The quantitative estimate of drug-likeness (QED) is 0.932. The molecule has 1 heterocycles. The minimum absolute atomic E-state index is 0.0425. The van der Waals surface area contributed by atoms with Crippen molar-refractivity contribution in [3.63, 3.8) is 0 Å². The van der Waals surface area contributed by atoms with E-state index in [1.807, 2.05) is 0 Å². The molecule has 0 saturated heterocycles. The number of aromatic carboxylic acids is 1. The Balaban J connectivity index is 2.15. The molecule has 0 fully saturated rings. The van der Waals surface area contributed by atoms with Crippen LogP contribution in [0.15, 0.2) is 47.5 Å². The van der Waals surface area contributed by atoms with E-state index in [0.29, 0.717) is 5.69 Å². The number of aromatic nitrogens is 1. The lowest BCUT2D eigenvalue weighted by Crippen LogP contribution is -2.03. The lowest BCUT2D eigenvalue weighted by molar-refractivity contribution is 0.0696. The van der Waals surface area contributed by atoms with Gasteiger partial charge in [0.25, 0.3) is 0 Å². The van der Waals surface area contributed by atoms with Gasteiger partial charge in [0.1, 0.15) is 5.82 Å². The lowest BCUT2D eigenvalue weighted by atomic mass is 10.2. The number of carboxylic acids is 1. The van der Waals surface area contributed by atoms with E-state index in [1.165, 1.54) is 36.5 Å². The summed E-state index contributed by atoms with van der Waals surface area (Å²) in [6.07, 6.45) is 1.19. The number of carboxylic acid groups (broad SMARTS) is 1. The maximum absolute atomic E-state index is 13.4. The van der Waals surface area contributed by atoms with Gasteiger partial charge >= 0.3 is 5.97 Å². The topological polar surface area (TPSA) is 67.3 Å². The second-order valence-electron chi connectivity index (χ2n) is 3.76. The van der Waals surface area contributed by atoms with Crippen molar-refractivity contribution in [2.24, 2.45) is 0 Å². The molecule has 1 atom stereocenters. The van der Waals surface area contributed by atoms with Crippen molar-refractivity contribution in [3.05, 3.63) is 59.7 Å². The Bertz CT molecular complexity index is 628. The number of pyridine rings is 1. The zero-order chi connectivity index (χ0) is 13.8. The lowest BCUT2D eigenvalue weighted by Gasteiger charge is -2.03. The number of nitrogens with zero attached hydrogens (tertiary/aromatic N) is 1. The maximum atomic E-state index is 13.4. The van der Waals surface area contributed by atoms with Gasteiger partial charge in [-0.1, -0.05) is 12.1 Å². The Morgan fingerprint density at radius 2 is 2.00 bits per heavy atom. The summed E-state index contributed by atoms with van der Waals surface area (Å²) in [5, 5.41) is 8.72. The van der Waals surface area contributed by atoms with Crippen molar-refractivity contribution < 1.29 is 18.5 Å². The summed E-state index contributed by atoms with van der Waals surface area (Å²) in [4.78, 5) is 14.7. The van der Waals surface area contributed by atoms with Gasteiger partial charge in [-0.05, 0) is 24.3 Å². The summed E-state index contributed by atoms with van der Waals surface area (Å²) in [6.45, 7) is 0. The maximum Gasteiger partial charge on any atom is 0.337 e. The third-order valence-corrected chi connectivity index (χ3v) is 3.81. The van der Waals surface area contributed by atoms with E-state index in [4.69, 9.17) is 5.11 Å². The van der Waals surface area contributed by atoms with E-state index in [1.54, 1.807) is 6.07 Å². The second-order valence-corrected chi connectivity index (χ2v) is 5.18. The number of benzene rings is 1. The molecule has 2 aromatic rings. The summed E-state index contributed by atoms with van der Waals surface area (Å²) in [5.74, 6) is -1.56. The van der Waals surface area contributed by atoms with Crippen molar-refractivity contribution in [1.29, 1.82) is 0 Å². The van der Waals surface area contributed by atoms with Crippen LogP contribution < -0.4 is 0 Å². The fraction of sp³-hybridized carbons (Fsp3) is 0.0769. The summed E-state index contributed by atoms with van der Waals surface area (Å²) >= 11 is 0. The van der Waals surface area contributed by atoms with Crippen molar-refractivity contribution in [1.82, 2.24) is 4.98 Å². The molecule has 6 heteroatoms. The van der Waals surface area contributed by atoms with Crippen LogP contribution in [-0.4, -0.2) is 20.3 Å². The molecule has 1 aromatic carbocycles. The van der Waals surface area contributed by atoms with Crippen LogP contribution in [-0.2, 0) is 16.6 Å². The van der Waals surface area contributed by atoms with Crippen LogP contribution in [0.5, 0.6) is 0 Å². The van der Waals surface area contributed by atoms with E-state index in [-0.39, 0.29) is 16.2 Å². The second kappa shape index (κ2) is 5.71. The van der Waals surface area contributed by atoms with Crippen LogP contribution in [0.2, 0.25) is 0 Å². The Labute approximate surface area is 111 Å². The molecule has 0 aliphatic rings. The van der Waals surface area contributed by atoms with Crippen molar-refractivity contribution in [3.8, 4) is 0 Å². The minimum atomic E-state index is -1.55. The standard InChI is InChI=1S/C13H10FNO3S/c14-11-3-1-2-4-12(11)19(18)8-10-6-5-9(7-15-10)13(16)17/h1-7H,8H2,(H,16,17). The molecule has 0 radical (unpaired) electrons. The predicted octanol–water partition coefficient (Wildman–Crippen LogP) is 2.23. The number of hydrogen-bond donors (Lipinski definition) is 1. The highest BCUT2D eigenvalue weighted by molar-refractivity contribution is 7.84. The van der Waals surface area contributed by atoms with Gasteiger partial charge in [-0.25, -0.2) is 9.18 Å². The van der Waals surface area contributed by atoms with Crippen molar-refractivity contribution in [2.75, 3.05) is 0 Å². The van der Waals surface area contributed by atoms with Crippen LogP contribution in [0.1, 0.15) is 16.1 Å². The molecular weight excluding hydrogens is 269 g/mol.